The van der Waals surface area contributed by atoms with E-state index in [0.29, 0.717) is 29.6 Å². The van der Waals surface area contributed by atoms with Gasteiger partial charge in [-0.15, -0.1) is 0 Å². The standard InChI is InChI=1S/C20H21F2N7O2/c1-11(30)27-17-7-13(28-16-5-6-23-18(29-16)20(4,21)22)12(8-26-17)14-9-25-15(10-24-14)19(2,3)31/h5-10,31H,1-4H3,(H2,23,26,27,28,29,30). The van der Waals surface area contributed by atoms with Crippen LogP contribution in [0.25, 0.3) is 11.3 Å². The van der Waals surface area contributed by atoms with Gasteiger partial charge in [0.05, 0.1) is 29.5 Å². The van der Waals surface area contributed by atoms with Gasteiger partial charge in [0.2, 0.25) is 11.7 Å². The van der Waals surface area contributed by atoms with Crippen LogP contribution in [0.4, 0.5) is 26.1 Å². The van der Waals surface area contributed by atoms with E-state index in [1.807, 2.05) is 0 Å². The second-order valence-electron chi connectivity index (χ2n) is 7.42. The molecule has 0 unspecified atom stereocenters. The zero-order valence-electron chi connectivity index (χ0n) is 17.3. The molecular formula is C20H21F2N7O2. The number of aromatic nitrogens is 5. The largest absolute Gasteiger partial charge is 0.384 e. The molecule has 162 valence electrons. The van der Waals surface area contributed by atoms with Gasteiger partial charge in [0.15, 0.2) is 0 Å². The predicted molar refractivity (Wildman–Crippen MR) is 110 cm³/mol. The normalized spacial score (nSPS) is 11.8. The van der Waals surface area contributed by atoms with Crippen LogP contribution < -0.4 is 10.6 Å². The second-order valence-corrected chi connectivity index (χ2v) is 7.42. The van der Waals surface area contributed by atoms with E-state index in [0.717, 1.165) is 0 Å². The summed E-state index contributed by atoms with van der Waals surface area (Å²) in [5.41, 5.74) is 0.496. The van der Waals surface area contributed by atoms with E-state index < -0.39 is 17.3 Å². The van der Waals surface area contributed by atoms with Crippen LogP contribution in [-0.4, -0.2) is 35.9 Å². The summed E-state index contributed by atoms with van der Waals surface area (Å²) in [6, 6.07) is 2.95. The lowest BCUT2D eigenvalue weighted by atomic mass is 10.1. The Labute approximate surface area is 177 Å². The Balaban J connectivity index is 2.03. The van der Waals surface area contributed by atoms with Gasteiger partial charge in [0.25, 0.3) is 0 Å². The van der Waals surface area contributed by atoms with Gasteiger partial charge < -0.3 is 15.7 Å². The van der Waals surface area contributed by atoms with Crippen molar-refractivity contribution in [2.24, 2.45) is 0 Å². The van der Waals surface area contributed by atoms with Gasteiger partial charge in [0, 0.05) is 37.9 Å². The predicted octanol–water partition coefficient (Wildman–Crippen LogP) is 3.37. The highest BCUT2D eigenvalue weighted by Crippen LogP contribution is 2.31. The third-order valence-electron chi connectivity index (χ3n) is 4.07. The SMILES string of the molecule is CC(=O)Nc1cc(Nc2ccnc(C(C)(F)F)n2)c(-c2cnc(C(C)(C)O)cn2)cn1. The van der Waals surface area contributed by atoms with Crippen LogP contribution in [0.2, 0.25) is 0 Å². The van der Waals surface area contributed by atoms with Crippen LogP contribution in [0.1, 0.15) is 39.2 Å². The molecule has 0 aliphatic carbocycles. The van der Waals surface area contributed by atoms with Gasteiger partial charge in [-0.1, -0.05) is 0 Å². The fraction of sp³-hybridized carbons (Fsp3) is 0.300. The van der Waals surface area contributed by atoms with E-state index in [1.54, 1.807) is 13.8 Å². The third-order valence-corrected chi connectivity index (χ3v) is 4.07. The number of rotatable bonds is 6. The second kappa shape index (κ2) is 8.26. The van der Waals surface area contributed by atoms with Crippen LogP contribution >= 0.6 is 0 Å². The van der Waals surface area contributed by atoms with Crippen molar-refractivity contribution in [3.05, 3.63) is 48.4 Å². The molecule has 3 heterocycles. The van der Waals surface area contributed by atoms with Crippen molar-refractivity contribution in [3.8, 4) is 11.3 Å². The highest BCUT2D eigenvalue weighted by molar-refractivity contribution is 5.89. The number of amides is 1. The molecule has 0 aromatic carbocycles. The van der Waals surface area contributed by atoms with Crippen molar-refractivity contribution in [1.29, 1.82) is 0 Å². The van der Waals surface area contributed by atoms with Gasteiger partial charge in [-0.05, 0) is 19.9 Å². The summed E-state index contributed by atoms with van der Waals surface area (Å²) in [5, 5.41) is 15.6. The first kappa shape index (κ1) is 22.1. The van der Waals surface area contributed by atoms with Crippen LogP contribution in [-0.2, 0) is 16.3 Å². The van der Waals surface area contributed by atoms with Crippen LogP contribution in [0.3, 0.4) is 0 Å². The fourth-order valence-corrected chi connectivity index (χ4v) is 2.57. The summed E-state index contributed by atoms with van der Waals surface area (Å²) in [5.74, 6) is -3.80. The van der Waals surface area contributed by atoms with E-state index in [2.05, 4.69) is 35.6 Å². The number of carbonyl (C=O) groups excluding carboxylic acids is 1. The third kappa shape index (κ3) is 5.51. The summed E-state index contributed by atoms with van der Waals surface area (Å²) in [7, 11) is 0. The molecule has 0 bridgehead atoms. The van der Waals surface area contributed by atoms with Crippen molar-refractivity contribution in [2.75, 3.05) is 10.6 Å². The molecule has 0 spiro atoms. The topological polar surface area (TPSA) is 126 Å². The smallest absolute Gasteiger partial charge is 0.303 e. The maximum atomic E-state index is 13.6. The minimum Gasteiger partial charge on any atom is -0.384 e. The summed E-state index contributed by atoms with van der Waals surface area (Å²) in [6.45, 7) is 5.22. The zero-order valence-corrected chi connectivity index (χ0v) is 17.3. The number of hydrogen-bond donors (Lipinski definition) is 3. The average Bonchev–Trinajstić information content (AvgIpc) is 2.67. The van der Waals surface area contributed by atoms with E-state index in [4.69, 9.17) is 0 Å². The maximum Gasteiger partial charge on any atom is 0.303 e. The lowest BCUT2D eigenvalue weighted by Gasteiger charge is -2.17. The molecule has 31 heavy (non-hydrogen) atoms. The van der Waals surface area contributed by atoms with E-state index in [-0.39, 0.29) is 17.5 Å². The average molecular weight is 429 g/mol. The van der Waals surface area contributed by atoms with Gasteiger partial charge >= 0.3 is 5.92 Å². The van der Waals surface area contributed by atoms with Crippen molar-refractivity contribution >= 4 is 23.2 Å². The first-order valence-electron chi connectivity index (χ1n) is 9.25. The number of hydrogen-bond acceptors (Lipinski definition) is 8. The molecule has 3 rings (SSSR count). The summed E-state index contributed by atoms with van der Waals surface area (Å²) in [6.07, 6.45) is 5.56. The first-order chi connectivity index (χ1) is 14.4. The molecule has 0 aliphatic rings. The van der Waals surface area contributed by atoms with E-state index >= 15 is 0 Å². The van der Waals surface area contributed by atoms with Gasteiger partial charge in [0.1, 0.15) is 17.2 Å². The maximum absolute atomic E-state index is 13.6. The highest BCUT2D eigenvalue weighted by Gasteiger charge is 2.28. The van der Waals surface area contributed by atoms with Crippen molar-refractivity contribution in [1.82, 2.24) is 24.9 Å². The molecule has 3 aromatic rings. The molecule has 0 fully saturated rings. The molecule has 0 saturated carbocycles. The van der Waals surface area contributed by atoms with Crippen LogP contribution in [0, 0.1) is 0 Å². The zero-order chi connectivity index (χ0) is 22.8. The van der Waals surface area contributed by atoms with Gasteiger partial charge in [-0.25, -0.2) is 15.0 Å². The summed E-state index contributed by atoms with van der Waals surface area (Å²) < 4.78 is 27.2. The number of nitrogens with zero attached hydrogens (tertiary/aromatic N) is 5. The van der Waals surface area contributed by atoms with E-state index in [9.17, 15) is 18.7 Å². The Kier molecular flexibility index (Phi) is 5.89. The molecule has 3 aromatic heterocycles. The Hall–Kier alpha value is -3.60. The minimum atomic E-state index is -3.21. The Morgan fingerprint density at radius 2 is 1.77 bits per heavy atom. The number of alkyl halides is 2. The molecule has 0 aliphatic heterocycles. The summed E-state index contributed by atoms with van der Waals surface area (Å²) in [4.78, 5) is 31.6. The number of nitrogens with one attached hydrogen (secondary N) is 2. The Bertz CT molecular complexity index is 1090. The quantitative estimate of drug-likeness (QED) is 0.545. The number of aliphatic hydroxyl groups is 1. The molecule has 11 heteroatoms. The van der Waals surface area contributed by atoms with Crippen LogP contribution in [0.15, 0.2) is 36.9 Å². The fourth-order valence-electron chi connectivity index (χ4n) is 2.57. The van der Waals surface area contributed by atoms with Crippen LogP contribution in [0.5, 0.6) is 0 Å². The lowest BCUT2D eigenvalue weighted by Crippen LogP contribution is -2.17. The van der Waals surface area contributed by atoms with Gasteiger partial charge in [-0.2, -0.15) is 8.78 Å². The molecule has 0 atom stereocenters. The molecule has 0 radical (unpaired) electrons. The Morgan fingerprint density at radius 3 is 2.35 bits per heavy atom. The molecule has 3 N–H and O–H groups in total. The summed E-state index contributed by atoms with van der Waals surface area (Å²) >= 11 is 0. The number of pyridine rings is 1. The highest BCUT2D eigenvalue weighted by atomic mass is 19.3. The molecular weight excluding hydrogens is 408 g/mol. The number of anilines is 3. The Morgan fingerprint density at radius 1 is 1.03 bits per heavy atom. The first-order valence-corrected chi connectivity index (χ1v) is 9.25. The molecule has 0 saturated heterocycles. The van der Waals surface area contributed by atoms with Crippen molar-refractivity contribution < 1.29 is 18.7 Å². The number of carbonyl (C=O) groups is 1. The van der Waals surface area contributed by atoms with E-state index in [1.165, 1.54) is 43.8 Å². The van der Waals surface area contributed by atoms with Gasteiger partial charge in [-0.3, -0.25) is 14.8 Å². The lowest BCUT2D eigenvalue weighted by molar-refractivity contribution is -0.114. The van der Waals surface area contributed by atoms with Crippen molar-refractivity contribution in [3.63, 3.8) is 0 Å². The minimum absolute atomic E-state index is 0.119. The number of halogens is 2. The monoisotopic (exact) mass is 429 g/mol. The molecule has 9 nitrogen and oxygen atoms in total. The van der Waals surface area contributed by atoms with Crippen molar-refractivity contribution in [2.45, 2.75) is 39.2 Å². The molecule has 1 amide bonds.